The Kier molecular flexibility index (Phi) is 3.27. The average molecular weight is 188 g/mol. The second-order valence-electron chi connectivity index (χ2n) is 2.51. The highest BCUT2D eigenvalue weighted by atomic mass is 16.4. The highest BCUT2D eigenvalue weighted by Gasteiger charge is 1.90. The highest BCUT2D eigenvalue weighted by molar-refractivity contribution is 5.80. The Hall–Kier alpha value is -2.28. The van der Waals surface area contributed by atoms with Gasteiger partial charge in [0.25, 0.3) is 0 Å². The van der Waals surface area contributed by atoms with E-state index in [1.165, 1.54) is 6.20 Å². The van der Waals surface area contributed by atoms with Gasteiger partial charge >= 0.3 is 5.97 Å². The summed E-state index contributed by atoms with van der Waals surface area (Å²) in [5, 5.41) is 19.6. The number of aliphatic carboxylic acids is 1. The largest absolute Gasteiger partial charge is 0.478 e. The summed E-state index contributed by atoms with van der Waals surface area (Å²) in [5.74, 6) is -1.01. The lowest BCUT2D eigenvalue weighted by molar-refractivity contribution is -0.131. The van der Waals surface area contributed by atoms with Crippen LogP contribution in [0.15, 0.2) is 36.5 Å². The molecule has 0 amide bonds. The Morgan fingerprint density at radius 1 is 1.43 bits per heavy atom. The molecule has 0 aliphatic carbocycles. The predicted octanol–water partition coefficient (Wildman–Crippen LogP) is 1.57. The minimum atomic E-state index is -1.01. The molecule has 0 aliphatic rings. The second kappa shape index (κ2) is 4.67. The van der Waals surface area contributed by atoms with Crippen molar-refractivity contribution in [3.63, 3.8) is 0 Å². The fourth-order valence-electron chi connectivity index (χ4n) is 0.850. The van der Waals surface area contributed by atoms with Crippen LogP contribution >= 0.6 is 0 Å². The molecule has 0 atom stereocenters. The summed E-state index contributed by atoms with van der Waals surface area (Å²) in [7, 11) is 0. The van der Waals surface area contributed by atoms with E-state index < -0.39 is 5.97 Å². The van der Waals surface area contributed by atoms with E-state index in [1.54, 1.807) is 24.3 Å². The molecule has 70 valence electrons. The van der Waals surface area contributed by atoms with E-state index in [-0.39, 0.29) is 0 Å². The molecule has 0 saturated heterocycles. The summed E-state index contributed by atoms with van der Waals surface area (Å²) in [6.45, 7) is 0. The van der Waals surface area contributed by atoms with Crippen molar-refractivity contribution >= 4 is 11.7 Å². The highest BCUT2D eigenvalue weighted by Crippen LogP contribution is 2.08. The first-order valence-electron chi connectivity index (χ1n) is 3.88. The van der Waals surface area contributed by atoms with E-state index in [1.807, 2.05) is 6.07 Å². The first kappa shape index (κ1) is 9.81. The standard InChI is InChI=1S/C10H8N2O2/c11-7-8-1-3-9(4-2-8)12-6-5-10(13)14/h1-6,12H,(H,13,14)/b6-5+. The third-order valence-corrected chi connectivity index (χ3v) is 1.49. The molecule has 0 fully saturated rings. The fourth-order valence-corrected chi connectivity index (χ4v) is 0.850. The molecule has 0 aromatic heterocycles. The molecule has 4 nitrogen and oxygen atoms in total. The lowest BCUT2D eigenvalue weighted by Gasteiger charge is -1.98. The van der Waals surface area contributed by atoms with E-state index in [0.717, 1.165) is 11.8 Å². The van der Waals surface area contributed by atoms with Crippen molar-refractivity contribution in [2.24, 2.45) is 0 Å². The van der Waals surface area contributed by atoms with Crippen LogP contribution in [0.2, 0.25) is 0 Å². The van der Waals surface area contributed by atoms with Crippen LogP contribution in [-0.2, 0) is 4.79 Å². The molecule has 0 radical (unpaired) electrons. The first-order valence-corrected chi connectivity index (χ1v) is 3.88. The van der Waals surface area contributed by atoms with E-state index in [4.69, 9.17) is 10.4 Å². The minimum Gasteiger partial charge on any atom is -0.478 e. The normalized spacial score (nSPS) is 9.64. The maximum atomic E-state index is 10.1. The van der Waals surface area contributed by atoms with Gasteiger partial charge in [-0.25, -0.2) is 4.79 Å². The van der Waals surface area contributed by atoms with Crippen molar-refractivity contribution < 1.29 is 9.90 Å². The van der Waals surface area contributed by atoms with Crippen molar-refractivity contribution in [1.82, 2.24) is 0 Å². The summed E-state index contributed by atoms with van der Waals surface area (Å²) >= 11 is 0. The first-order chi connectivity index (χ1) is 6.72. The van der Waals surface area contributed by atoms with Crippen LogP contribution in [0, 0.1) is 11.3 Å². The van der Waals surface area contributed by atoms with Gasteiger partial charge in [0.05, 0.1) is 11.6 Å². The number of hydrogen-bond donors (Lipinski definition) is 2. The number of nitrogens with zero attached hydrogens (tertiary/aromatic N) is 1. The monoisotopic (exact) mass is 188 g/mol. The van der Waals surface area contributed by atoms with Crippen LogP contribution in [0.4, 0.5) is 5.69 Å². The van der Waals surface area contributed by atoms with Crippen LogP contribution in [-0.4, -0.2) is 11.1 Å². The molecule has 0 saturated carbocycles. The Balaban J connectivity index is 2.61. The number of carboxylic acid groups (broad SMARTS) is 1. The van der Waals surface area contributed by atoms with Crippen LogP contribution in [0.1, 0.15) is 5.56 Å². The Morgan fingerprint density at radius 2 is 2.07 bits per heavy atom. The average Bonchev–Trinajstić information content (AvgIpc) is 2.18. The minimum absolute atomic E-state index is 0.567. The Bertz CT molecular complexity index is 388. The maximum absolute atomic E-state index is 10.1. The SMILES string of the molecule is N#Cc1ccc(N/C=C/C(=O)O)cc1. The van der Waals surface area contributed by atoms with Crippen LogP contribution in [0.25, 0.3) is 0 Å². The number of carboxylic acids is 1. The number of anilines is 1. The molecule has 1 rings (SSSR count). The maximum Gasteiger partial charge on any atom is 0.329 e. The molecule has 0 heterocycles. The molecule has 14 heavy (non-hydrogen) atoms. The third kappa shape index (κ3) is 2.99. The Morgan fingerprint density at radius 3 is 2.57 bits per heavy atom. The van der Waals surface area contributed by atoms with Gasteiger partial charge < -0.3 is 10.4 Å². The molecule has 2 N–H and O–H groups in total. The molecular formula is C10H8N2O2. The molecule has 4 heteroatoms. The van der Waals surface area contributed by atoms with Gasteiger partial charge in [-0.1, -0.05) is 0 Å². The van der Waals surface area contributed by atoms with E-state index >= 15 is 0 Å². The summed E-state index contributed by atoms with van der Waals surface area (Å²) in [6.07, 6.45) is 2.32. The fraction of sp³-hybridized carbons (Fsp3) is 0. The lowest BCUT2D eigenvalue weighted by Crippen LogP contribution is -1.91. The van der Waals surface area contributed by atoms with Gasteiger partial charge in [0.1, 0.15) is 0 Å². The molecular weight excluding hydrogens is 180 g/mol. The van der Waals surface area contributed by atoms with E-state index in [0.29, 0.717) is 5.56 Å². The van der Waals surface area contributed by atoms with Crippen molar-refractivity contribution in [2.45, 2.75) is 0 Å². The smallest absolute Gasteiger partial charge is 0.329 e. The Labute approximate surface area is 81.1 Å². The van der Waals surface area contributed by atoms with Gasteiger partial charge in [-0.3, -0.25) is 0 Å². The number of rotatable bonds is 3. The lowest BCUT2D eigenvalue weighted by atomic mass is 10.2. The summed E-state index contributed by atoms with van der Waals surface area (Å²) in [6, 6.07) is 8.69. The summed E-state index contributed by atoms with van der Waals surface area (Å²) in [4.78, 5) is 10.1. The molecule has 1 aromatic carbocycles. The van der Waals surface area contributed by atoms with Crippen LogP contribution in [0.3, 0.4) is 0 Å². The zero-order chi connectivity index (χ0) is 10.4. The molecule has 0 spiro atoms. The number of carbonyl (C=O) groups is 1. The quantitative estimate of drug-likeness (QED) is 0.706. The van der Waals surface area contributed by atoms with Crippen molar-refractivity contribution in [3.05, 3.63) is 42.1 Å². The van der Waals surface area contributed by atoms with E-state index in [9.17, 15) is 4.79 Å². The molecule has 1 aromatic rings. The zero-order valence-corrected chi connectivity index (χ0v) is 7.27. The van der Waals surface area contributed by atoms with Gasteiger partial charge in [0.2, 0.25) is 0 Å². The molecule has 0 unspecified atom stereocenters. The summed E-state index contributed by atoms with van der Waals surface area (Å²) in [5.41, 5.74) is 1.30. The topological polar surface area (TPSA) is 73.1 Å². The molecule has 0 aliphatic heterocycles. The van der Waals surface area contributed by atoms with Gasteiger partial charge in [-0.05, 0) is 24.3 Å². The molecule has 0 bridgehead atoms. The number of benzene rings is 1. The van der Waals surface area contributed by atoms with Crippen molar-refractivity contribution in [1.29, 1.82) is 5.26 Å². The third-order valence-electron chi connectivity index (χ3n) is 1.49. The second-order valence-corrected chi connectivity index (χ2v) is 2.51. The van der Waals surface area contributed by atoms with Gasteiger partial charge in [0.15, 0.2) is 0 Å². The van der Waals surface area contributed by atoms with Crippen molar-refractivity contribution in [3.8, 4) is 6.07 Å². The number of nitriles is 1. The van der Waals surface area contributed by atoms with Gasteiger partial charge in [0, 0.05) is 18.0 Å². The predicted molar refractivity (Wildman–Crippen MR) is 51.6 cm³/mol. The summed E-state index contributed by atoms with van der Waals surface area (Å²) < 4.78 is 0. The number of hydrogen-bond acceptors (Lipinski definition) is 3. The van der Waals surface area contributed by atoms with Crippen molar-refractivity contribution in [2.75, 3.05) is 5.32 Å². The van der Waals surface area contributed by atoms with Crippen LogP contribution < -0.4 is 5.32 Å². The van der Waals surface area contributed by atoms with Crippen LogP contribution in [0.5, 0.6) is 0 Å². The zero-order valence-electron chi connectivity index (χ0n) is 7.27. The van der Waals surface area contributed by atoms with Gasteiger partial charge in [-0.2, -0.15) is 5.26 Å². The van der Waals surface area contributed by atoms with E-state index in [2.05, 4.69) is 5.32 Å². The van der Waals surface area contributed by atoms with Gasteiger partial charge in [-0.15, -0.1) is 0 Å². The number of nitrogens with one attached hydrogen (secondary N) is 1.